The van der Waals surface area contributed by atoms with Crippen molar-refractivity contribution < 1.29 is 14.3 Å². The van der Waals surface area contributed by atoms with Crippen LogP contribution < -0.4 is 16.0 Å². The molecule has 6 heteroatoms. The van der Waals surface area contributed by atoms with Gasteiger partial charge in [-0.2, -0.15) is 0 Å². The van der Waals surface area contributed by atoms with Crippen molar-refractivity contribution in [2.24, 2.45) is 5.84 Å². The quantitative estimate of drug-likeness (QED) is 0.382. The van der Waals surface area contributed by atoms with Crippen LogP contribution in [-0.2, 0) is 6.61 Å². The summed E-state index contributed by atoms with van der Waals surface area (Å²) < 4.78 is 5.60. The predicted octanol–water partition coefficient (Wildman–Crippen LogP) is 2.13. The lowest BCUT2D eigenvalue weighted by Gasteiger charge is -2.05. The molecule has 0 spiro atoms. The molecule has 20 heavy (non-hydrogen) atoms. The maximum atomic E-state index is 11.3. The van der Waals surface area contributed by atoms with Crippen LogP contribution in [0.4, 0.5) is 0 Å². The number of nitrogens with two attached hydrogens (primary N) is 1. The Hall–Kier alpha value is -2.18. The van der Waals surface area contributed by atoms with Crippen LogP contribution >= 0.6 is 11.3 Å². The van der Waals surface area contributed by atoms with E-state index in [1.807, 2.05) is 6.07 Å². The van der Waals surface area contributed by atoms with Gasteiger partial charge in [-0.3, -0.25) is 15.0 Å². The number of rotatable bonds is 5. The summed E-state index contributed by atoms with van der Waals surface area (Å²) in [4.78, 5) is 24.0. The van der Waals surface area contributed by atoms with E-state index in [1.165, 1.54) is 18.3 Å². The van der Waals surface area contributed by atoms with Crippen LogP contribution in [0.25, 0.3) is 0 Å². The van der Waals surface area contributed by atoms with Crippen LogP contribution in [-0.4, -0.2) is 11.7 Å². The minimum absolute atomic E-state index is 0.00604. The van der Waals surface area contributed by atoms with Crippen molar-refractivity contribution in [3.8, 4) is 5.75 Å². The van der Waals surface area contributed by atoms with Crippen molar-refractivity contribution in [2.75, 3.05) is 0 Å². The standard InChI is InChI=1S/C14H14N2O3S/c1-9(17)10-3-2-4-11(7-10)19-8-12-5-6-13(20-12)14(18)16-15/h2-7H,8,15H2,1H3,(H,16,18). The predicted molar refractivity (Wildman–Crippen MR) is 76.8 cm³/mol. The lowest BCUT2D eigenvalue weighted by atomic mass is 10.1. The highest BCUT2D eigenvalue weighted by atomic mass is 32.1. The molecule has 5 nitrogen and oxygen atoms in total. The molecular weight excluding hydrogens is 276 g/mol. The third-order valence-electron chi connectivity index (χ3n) is 2.64. The summed E-state index contributed by atoms with van der Waals surface area (Å²) in [5.41, 5.74) is 2.69. The number of ether oxygens (including phenoxy) is 1. The van der Waals surface area contributed by atoms with E-state index in [0.29, 0.717) is 22.8 Å². The number of carbonyl (C=O) groups excluding carboxylic acids is 2. The van der Waals surface area contributed by atoms with Crippen LogP contribution in [0.3, 0.4) is 0 Å². The molecule has 0 aliphatic heterocycles. The molecule has 2 rings (SSSR count). The fraction of sp³-hybridized carbons (Fsp3) is 0.143. The van der Waals surface area contributed by atoms with Gasteiger partial charge in [-0.1, -0.05) is 12.1 Å². The average Bonchev–Trinajstić information content (AvgIpc) is 2.93. The molecular formula is C14H14N2O3S. The van der Waals surface area contributed by atoms with E-state index < -0.39 is 0 Å². The number of hydrazine groups is 1. The molecule has 0 fully saturated rings. The molecule has 0 saturated carbocycles. The zero-order valence-electron chi connectivity index (χ0n) is 10.9. The summed E-state index contributed by atoms with van der Waals surface area (Å²) in [7, 11) is 0. The second kappa shape index (κ2) is 6.31. The number of carbonyl (C=O) groups is 2. The number of ketones is 1. The zero-order valence-corrected chi connectivity index (χ0v) is 11.7. The number of benzene rings is 1. The van der Waals surface area contributed by atoms with Gasteiger partial charge in [0.2, 0.25) is 0 Å². The number of amides is 1. The van der Waals surface area contributed by atoms with E-state index in [1.54, 1.807) is 30.3 Å². The van der Waals surface area contributed by atoms with Gasteiger partial charge >= 0.3 is 0 Å². The van der Waals surface area contributed by atoms with Crippen LogP contribution in [0, 0.1) is 0 Å². The topological polar surface area (TPSA) is 81.4 Å². The van der Waals surface area contributed by atoms with Gasteiger partial charge in [0.05, 0.1) is 4.88 Å². The Morgan fingerprint density at radius 1 is 1.30 bits per heavy atom. The van der Waals surface area contributed by atoms with Gasteiger partial charge in [-0.15, -0.1) is 11.3 Å². The number of hydrogen-bond donors (Lipinski definition) is 2. The largest absolute Gasteiger partial charge is 0.488 e. The number of hydrogen-bond acceptors (Lipinski definition) is 5. The van der Waals surface area contributed by atoms with E-state index in [9.17, 15) is 9.59 Å². The molecule has 3 N–H and O–H groups in total. The Balaban J connectivity index is 2.01. The highest BCUT2D eigenvalue weighted by molar-refractivity contribution is 7.14. The Morgan fingerprint density at radius 2 is 2.10 bits per heavy atom. The second-order valence-electron chi connectivity index (χ2n) is 4.11. The Labute approximate surface area is 120 Å². The molecule has 0 aliphatic rings. The lowest BCUT2D eigenvalue weighted by Crippen LogP contribution is -2.29. The lowest BCUT2D eigenvalue weighted by molar-refractivity contribution is 0.0956. The van der Waals surface area contributed by atoms with Crippen molar-refractivity contribution in [2.45, 2.75) is 13.5 Å². The number of Topliss-reactive ketones (excluding diaryl/α,β-unsaturated/α-hetero) is 1. The second-order valence-corrected chi connectivity index (χ2v) is 5.28. The highest BCUT2D eigenvalue weighted by Gasteiger charge is 2.08. The minimum atomic E-state index is -0.320. The first-order valence-electron chi connectivity index (χ1n) is 5.93. The molecule has 0 bridgehead atoms. The molecule has 1 aromatic heterocycles. The SMILES string of the molecule is CC(=O)c1cccc(OCc2ccc(C(=O)NN)s2)c1. The van der Waals surface area contributed by atoms with Crippen molar-refractivity contribution >= 4 is 23.0 Å². The molecule has 104 valence electrons. The Morgan fingerprint density at radius 3 is 2.80 bits per heavy atom. The number of nitrogen functional groups attached to an aromatic ring is 1. The first-order chi connectivity index (χ1) is 9.60. The van der Waals surface area contributed by atoms with Crippen LogP contribution in [0.5, 0.6) is 5.75 Å². The van der Waals surface area contributed by atoms with Gasteiger partial charge in [0.1, 0.15) is 12.4 Å². The zero-order chi connectivity index (χ0) is 14.5. The van der Waals surface area contributed by atoms with Crippen LogP contribution in [0.15, 0.2) is 36.4 Å². The average molecular weight is 290 g/mol. The van der Waals surface area contributed by atoms with E-state index in [-0.39, 0.29) is 11.7 Å². The van der Waals surface area contributed by atoms with E-state index >= 15 is 0 Å². The number of nitrogens with one attached hydrogen (secondary N) is 1. The summed E-state index contributed by atoms with van der Waals surface area (Å²) in [6.07, 6.45) is 0. The maximum Gasteiger partial charge on any atom is 0.275 e. The molecule has 0 radical (unpaired) electrons. The highest BCUT2D eigenvalue weighted by Crippen LogP contribution is 2.20. The summed E-state index contributed by atoms with van der Waals surface area (Å²) >= 11 is 1.31. The molecule has 0 unspecified atom stereocenters. The normalized spacial score (nSPS) is 10.1. The molecule has 1 aromatic carbocycles. The summed E-state index contributed by atoms with van der Waals surface area (Å²) in [5, 5.41) is 0. The smallest absolute Gasteiger partial charge is 0.275 e. The molecule has 0 atom stereocenters. The summed E-state index contributed by atoms with van der Waals surface area (Å²) in [5.74, 6) is 5.36. The Kier molecular flexibility index (Phi) is 4.49. The van der Waals surface area contributed by atoms with E-state index in [0.717, 1.165) is 4.88 Å². The summed E-state index contributed by atoms with van der Waals surface area (Å²) in [6, 6.07) is 10.5. The Bertz CT molecular complexity index is 637. The maximum absolute atomic E-state index is 11.3. The van der Waals surface area contributed by atoms with Crippen LogP contribution in [0.1, 0.15) is 31.8 Å². The van der Waals surface area contributed by atoms with Gasteiger partial charge in [-0.25, -0.2) is 5.84 Å². The van der Waals surface area contributed by atoms with Gasteiger partial charge in [0.25, 0.3) is 5.91 Å². The first-order valence-corrected chi connectivity index (χ1v) is 6.75. The molecule has 0 saturated heterocycles. The van der Waals surface area contributed by atoms with Gasteiger partial charge in [0, 0.05) is 10.4 Å². The molecule has 2 aromatic rings. The fourth-order valence-electron chi connectivity index (χ4n) is 1.61. The molecule has 1 amide bonds. The fourth-order valence-corrected chi connectivity index (χ4v) is 2.43. The monoisotopic (exact) mass is 290 g/mol. The van der Waals surface area contributed by atoms with Crippen molar-refractivity contribution in [1.82, 2.24) is 5.43 Å². The van der Waals surface area contributed by atoms with Crippen molar-refractivity contribution in [3.63, 3.8) is 0 Å². The molecule has 0 aliphatic carbocycles. The van der Waals surface area contributed by atoms with Gasteiger partial charge in [-0.05, 0) is 31.2 Å². The number of thiophene rings is 1. The van der Waals surface area contributed by atoms with Crippen molar-refractivity contribution in [1.29, 1.82) is 0 Å². The third kappa shape index (κ3) is 3.43. The van der Waals surface area contributed by atoms with Crippen molar-refractivity contribution in [3.05, 3.63) is 51.7 Å². The summed E-state index contributed by atoms with van der Waals surface area (Å²) in [6.45, 7) is 1.85. The minimum Gasteiger partial charge on any atom is -0.488 e. The molecule has 1 heterocycles. The van der Waals surface area contributed by atoms with Gasteiger partial charge in [0.15, 0.2) is 5.78 Å². The first kappa shape index (κ1) is 14.2. The van der Waals surface area contributed by atoms with Crippen LogP contribution in [0.2, 0.25) is 0 Å². The van der Waals surface area contributed by atoms with E-state index in [4.69, 9.17) is 10.6 Å². The van der Waals surface area contributed by atoms with Gasteiger partial charge < -0.3 is 4.74 Å². The third-order valence-corrected chi connectivity index (χ3v) is 3.70. The van der Waals surface area contributed by atoms with E-state index in [2.05, 4.69) is 5.43 Å².